The monoisotopic (exact) mass is 307 g/mol. The first-order valence-electron chi connectivity index (χ1n) is 8.21. The average molecular weight is 307 g/mol. The second-order valence-corrected chi connectivity index (χ2v) is 6.36. The Balaban J connectivity index is 1.51. The van der Waals surface area contributed by atoms with Gasteiger partial charge in [0.15, 0.2) is 0 Å². The molecule has 1 aromatic carbocycles. The van der Waals surface area contributed by atoms with Crippen molar-refractivity contribution >= 4 is 10.9 Å². The summed E-state index contributed by atoms with van der Waals surface area (Å²) in [5.74, 6) is 0. The predicted octanol–water partition coefficient (Wildman–Crippen LogP) is 2.80. The van der Waals surface area contributed by atoms with Gasteiger partial charge < -0.3 is 0 Å². The quantitative estimate of drug-likeness (QED) is 0.743. The van der Waals surface area contributed by atoms with E-state index >= 15 is 0 Å². The Labute approximate surface area is 136 Å². The van der Waals surface area contributed by atoms with Gasteiger partial charge in [-0.15, -0.1) is 0 Å². The third-order valence-electron chi connectivity index (χ3n) is 4.64. The molecule has 0 aliphatic carbocycles. The van der Waals surface area contributed by atoms with E-state index in [4.69, 9.17) is 0 Å². The van der Waals surface area contributed by atoms with Crippen molar-refractivity contribution in [3.63, 3.8) is 0 Å². The van der Waals surface area contributed by atoms with Gasteiger partial charge in [-0.3, -0.25) is 14.6 Å². The fourth-order valence-electron chi connectivity index (χ4n) is 3.46. The van der Waals surface area contributed by atoms with Crippen molar-refractivity contribution in [2.24, 2.45) is 0 Å². The van der Waals surface area contributed by atoms with E-state index in [9.17, 15) is 0 Å². The number of nitrogens with zero attached hydrogens (tertiary/aromatic N) is 5. The molecule has 3 aromatic rings. The fourth-order valence-corrected chi connectivity index (χ4v) is 3.46. The molecular formula is C18H21N5. The Morgan fingerprint density at radius 3 is 3.04 bits per heavy atom. The molecule has 0 bridgehead atoms. The van der Waals surface area contributed by atoms with Crippen LogP contribution < -0.4 is 0 Å². The van der Waals surface area contributed by atoms with Crippen LogP contribution in [0.1, 0.15) is 24.1 Å². The van der Waals surface area contributed by atoms with Gasteiger partial charge in [0.1, 0.15) is 12.7 Å². The van der Waals surface area contributed by atoms with Crippen molar-refractivity contribution in [3.8, 4) is 0 Å². The van der Waals surface area contributed by atoms with Crippen LogP contribution in [-0.2, 0) is 13.1 Å². The molecule has 1 fully saturated rings. The van der Waals surface area contributed by atoms with Gasteiger partial charge in [0, 0.05) is 23.7 Å². The highest BCUT2D eigenvalue weighted by Gasteiger charge is 2.25. The Morgan fingerprint density at radius 1 is 1.22 bits per heavy atom. The molecule has 0 radical (unpaired) electrons. The minimum atomic E-state index is 0.545. The standard InChI is InChI=1S/C18H21N5/c1-14-4-6-16-9-15(5-7-18(16)21-14)10-22-8-2-3-17(22)11-23-13-19-12-20-23/h4-7,9,12-13,17H,2-3,8,10-11H2,1H3. The molecule has 0 amide bonds. The minimum Gasteiger partial charge on any atom is -0.294 e. The van der Waals surface area contributed by atoms with Crippen LogP contribution in [0, 0.1) is 6.92 Å². The molecular weight excluding hydrogens is 286 g/mol. The van der Waals surface area contributed by atoms with Gasteiger partial charge in [0.25, 0.3) is 0 Å². The smallest absolute Gasteiger partial charge is 0.137 e. The highest BCUT2D eigenvalue weighted by atomic mass is 15.3. The highest BCUT2D eigenvalue weighted by Crippen LogP contribution is 2.23. The van der Waals surface area contributed by atoms with E-state index in [1.807, 2.05) is 11.6 Å². The molecule has 1 atom stereocenters. The Hall–Kier alpha value is -2.27. The van der Waals surface area contributed by atoms with E-state index < -0.39 is 0 Å². The van der Waals surface area contributed by atoms with Crippen LogP contribution >= 0.6 is 0 Å². The summed E-state index contributed by atoms with van der Waals surface area (Å²) < 4.78 is 1.94. The van der Waals surface area contributed by atoms with Crippen LogP contribution in [0.15, 0.2) is 43.0 Å². The van der Waals surface area contributed by atoms with Gasteiger partial charge in [-0.1, -0.05) is 12.1 Å². The first-order chi connectivity index (χ1) is 11.3. The van der Waals surface area contributed by atoms with Crippen LogP contribution in [0.2, 0.25) is 0 Å². The molecule has 0 spiro atoms. The van der Waals surface area contributed by atoms with Crippen LogP contribution in [-0.4, -0.2) is 37.2 Å². The van der Waals surface area contributed by atoms with Gasteiger partial charge in [0.2, 0.25) is 0 Å². The van der Waals surface area contributed by atoms with E-state index in [1.165, 1.54) is 23.8 Å². The molecule has 5 nitrogen and oxygen atoms in total. The third-order valence-corrected chi connectivity index (χ3v) is 4.64. The summed E-state index contributed by atoms with van der Waals surface area (Å²) in [6.45, 7) is 5.10. The fraction of sp³-hybridized carbons (Fsp3) is 0.389. The molecule has 1 saturated heterocycles. The number of likely N-dealkylation sites (tertiary alicyclic amines) is 1. The number of fused-ring (bicyclic) bond motifs is 1. The first-order valence-corrected chi connectivity index (χ1v) is 8.21. The number of aromatic nitrogens is 4. The molecule has 0 N–H and O–H groups in total. The number of hydrogen-bond donors (Lipinski definition) is 0. The molecule has 23 heavy (non-hydrogen) atoms. The summed E-state index contributed by atoms with van der Waals surface area (Å²) in [7, 11) is 0. The third kappa shape index (κ3) is 3.10. The number of hydrogen-bond acceptors (Lipinski definition) is 4. The Kier molecular flexibility index (Phi) is 3.79. The zero-order valence-electron chi connectivity index (χ0n) is 13.4. The van der Waals surface area contributed by atoms with Crippen molar-refractivity contribution < 1.29 is 0 Å². The first kappa shape index (κ1) is 14.3. The molecule has 3 heterocycles. The minimum absolute atomic E-state index is 0.545. The van der Waals surface area contributed by atoms with Gasteiger partial charge in [-0.25, -0.2) is 4.98 Å². The van der Waals surface area contributed by atoms with Crippen LogP contribution in [0.5, 0.6) is 0 Å². The molecule has 5 heteroatoms. The summed E-state index contributed by atoms with van der Waals surface area (Å²) in [6.07, 6.45) is 5.90. The lowest BCUT2D eigenvalue weighted by molar-refractivity contribution is 0.219. The summed E-state index contributed by atoms with van der Waals surface area (Å²) in [5, 5.41) is 5.46. The highest BCUT2D eigenvalue weighted by molar-refractivity contribution is 5.79. The molecule has 1 aliphatic heterocycles. The van der Waals surface area contributed by atoms with E-state index in [0.29, 0.717) is 6.04 Å². The number of aryl methyl sites for hydroxylation is 1. The lowest BCUT2D eigenvalue weighted by Crippen LogP contribution is -2.32. The van der Waals surface area contributed by atoms with Gasteiger partial charge in [0.05, 0.1) is 12.1 Å². The molecule has 0 saturated carbocycles. The lowest BCUT2D eigenvalue weighted by Gasteiger charge is -2.24. The van der Waals surface area contributed by atoms with Gasteiger partial charge in [-0.05, 0) is 50.1 Å². The predicted molar refractivity (Wildman–Crippen MR) is 89.9 cm³/mol. The maximum absolute atomic E-state index is 4.58. The molecule has 2 aromatic heterocycles. The Morgan fingerprint density at radius 2 is 2.17 bits per heavy atom. The number of pyridine rings is 1. The van der Waals surface area contributed by atoms with Crippen molar-refractivity contribution in [1.29, 1.82) is 0 Å². The second-order valence-electron chi connectivity index (χ2n) is 6.36. The number of rotatable bonds is 4. The van der Waals surface area contributed by atoms with Crippen molar-refractivity contribution in [3.05, 3.63) is 54.2 Å². The van der Waals surface area contributed by atoms with E-state index in [1.54, 1.807) is 12.7 Å². The van der Waals surface area contributed by atoms with E-state index in [-0.39, 0.29) is 0 Å². The van der Waals surface area contributed by atoms with Crippen molar-refractivity contribution in [2.45, 2.75) is 38.9 Å². The van der Waals surface area contributed by atoms with Crippen LogP contribution in [0.25, 0.3) is 10.9 Å². The summed E-state index contributed by atoms with van der Waals surface area (Å²) in [6, 6.07) is 11.4. The maximum Gasteiger partial charge on any atom is 0.137 e. The summed E-state index contributed by atoms with van der Waals surface area (Å²) in [5.41, 5.74) is 3.50. The topological polar surface area (TPSA) is 46.8 Å². The summed E-state index contributed by atoms with van der Waals surface area (Å²) >= 11 is 0. The normalized spacial score (nSPS) is 18.7. The molecule has 1 unspecified atom stereocenters. The van der Waals surface area contributed by atoms with Crippen molar-refractivity contribution in [1.82, 2.24) is 24.6 Å². The zero-order valence-corrected chi connectivity index (χ0v) is 13.4. The molecule has 118 valence electrons. The number of benzene rings is 1. The van der Waals surface area contributed by atoms with E-state index in [0.717, 1.165) is 30.8 Å². The average Bonchev–Trinajstić information content (AvgIpc) is 3.21. The zero-order chi connectivity index (χ0) is 15.6. The summed E-state index contributed by atoms with van der Waals surface area (Å²) in [4.78, 5) is 11.2. The SMILES string of the molecule is Cc1ccc2cc(CN3CCCC3Cn3cncn3)ccc2n1. The second kappa shape index (κ2) is 6.08. The largest absolute Gasteiger partial charge is 0.294 e. The van der Waals surface area contributed by atoms with Crippen LogP contribution in [0.3, 0.4) is 0 Å². The van der Waals surface area contributed by atoms with Gasteiger partial charge >= 0.3 is 0 Å². The van der Waals surface area contributed by atoms with Crippen molar-refractivity contribution in [2.75, 3.05) is 6.54 Å². The van der Waals surface area contributed by atoms with Crippen LogP contribution in [0.4, 0.5) is 0 Å². The van der Waals surface area contributed by atoms with E-state index in [2.05, 4.69) is 50.3 Å². The maximum atomic E-state index is 4.58. The molecule has 4 rings (SSSR count). The van der Waals surface area contributed by atoms with Gasteiger partial charge in [-0.2, -0.15) is 5.10 Å². The Bertz CT molecular complexity index is 796. The lowest BCUT2D eigenvalue weighted by atomic mass is 10.1. The molecule has 1 aliphatic rings.